The summed E-state index contributed by atoms with van der Waals surface area (Å²) in [6.07, 6.45) is -2.86. The Morgan fingerprint density at radius 1 is 0.938 bits per heavy atom. The smallest absolute Gasteiger partial charge is 0.416 e. The number of halogens is 3. The molecule has 1 aliphatic rings. The molecule has 7 heteroatoms. The van der Waals surface area contributed by atoms with E-state index in [-0.39, 0.29) is 11.3 Å². The summed E-state index contributed by atoms with van der Waals surface area (Å²) in [6.45, 7) is 2.65. The summed E-state index contributed by atoms with van der Waals surface area (Å²) < 4.78 is 50.5. The fraction of sp³-hybridized carbons (Fsp3) is 0.160. The number of carbonyl (C=O) groups is 1. The van der Waals surface area contributed by atoms with Gasteiger partial charge in [-0.25, -0.2) is 0 Å². The maximum atomic E-state index is 13.0. The fourth-order valence-corrected chi connectivity index (χ4v) is 3.42. The van der Waals surface area contributed by atoms with Crippen molar-refractivity contribution >= 4 is 23.2 Å². The number of rotatable bonds is 6. The second-order valence-corrected chi connectivity index (χ2v) is 7.18. The van der Waals surface area contributed by atoms with E-state index in [1.165, 1.54) is 6.07 Å². The average molecular weight is 439 g/mol. The monoisotopic (exact) mass is 439 g/mol. The van der Waals surface area contributed by atoms with Gasteiger partial charge < -0.3 is 14.8 Å². The van der Waals surface area contributed by atoms with Crippen molar-refractivity contribution in [3.63, 3.8) is 0 Å². The van der Waals surface area contributed by atoms with Crippen LogP contribution >= 0.6 is 0 Å². The summed E-state index contributed by atoms with van der Waals surface area (Å²) in [6, 6.07) is 18.2. The molecule has 0 atom stereocenters. The van der Waals surface area contributed by atoms with Gasteiger partial charge in [0, 0.05) is 16.8 Å². The number of nitrogens with one attached hydrogen (secondary N) is 1. The normalized spacial score (nSPS) is 14.2. The van der Waals surface area contributed by atoms with Crippen LogP contribution in [0.1, 0.15) is 29.2 Å². The Bertz CT molecular complexity index is 1170. The van der Waals surface area contributed by atoms with Crippen LogP contribution in [0.2, 0.25) is 0 Å². The van der Waals surface area contributed by atoms with Crippen LogP contribution in [0.25, 0.3) is 11.6 Å². The van der Waals surface area contributed by atoms with Gasteiger partial charge in [-0.05, 0) is 48.4 Å². The Hall–Kier alpha value is -3.74. The van der Waals surface area contributed by atoms with E-state index in [0.717, 1.165) is 17.7 Å². The molecule has 32 heavy (non-hydrogen) atoms. The van der Waals surface area contributed by atoms with E-state index in [0.29, 0.717) is 35.8 Å². The number of fused-ring (bicyclic) bond motifs is 1. The van der Waals surface area contributed by atoms with E-state index in [2.05, 4.69) is 5.32 Å². The molecular weight excluding hydrogens is 419 g/mol. The molecule has 0 unspecified atom stereocenters. The summed E-state index contributed by atoms with van der Waals surface area (Å²) >= 11 is 0. The summed E-state index contributed by atoms with van der Waals surface area (Å²) in [7, 11) is 0. The Morgan fingerprint density at radius 2 is 1.72 bits per heavy atom. The molecule has 4 rings (SSSR count). The Morgan fingerprint density at radius 3 is 2.44 bits per heavy atom. The highest BCUT2D eigenvalue weighted by molar-refractivity contribution is 6.34. The first-order chi connectivity index (χ1) is 15.3. The third-order valence-corrected chi connectivity index (χ3v) is 4.95. The van der Waals surface area contributed by atoms with Gasteiger partial charge in [-0.1, -0.05) is 42.5 Å². The molecule has 0 spiro atoms. The van der Waals surface area contributed by atoms with Crippen LogP contribution in [0.15, 0.2) is 66.7 Å². The van der Waals surface area contributed by atoms with Crippen molar-refractivity contribution < 1.29 is 27.4 Å². The minimum atomic E-state index is -4.48. The minimum absolute atomic E-state index is 0.143. The molecule has 1 aliphatic heterocycles. The van der Waals surface area contributed by atoms with Gasteiger partial charge >= 0.3 is 6.18 Å². The number of carbonyl (C=O) groups excluding carboxylic acids is 1. The topological polar surface area (TPSA) is 47.6 Å². The number of amides is 1. The van der Waals surface area contributed by atoms with Crippen molar-refractivity contribution in [3.8, 4) is 11.5 Å². The van der Waals surface area contributed by atoms with Crippen molar-refractivity contribution in [2.45, 2.75) is 19.7 Å². The summed E-state index contributed by atoms with van der Waals surface area (Å²) in [5.74, 6) is 0.620. The highest BCUT2D eigenvalue weighted by Gasteiger charge is 2.33. The van der Waals surface area contributed by atoms with E-state index in [9.17, 15) is 18.0 Å². The molecule has 0 saturated heterocycles. The second kappa shape index (κ2) is 8.78. The van der Waals surface area contributed by atoms with Gasteiger partial charge in [0.05, 0.1) is 12.2 Å². The first-order valence-electron chi connectivity index (χ1n) is 10.0. The molecular formula is C25H20F3NO3. The largest absolute Gasteiger partial charge is 0.490 e. The van der Waals surface area contributed by atoms with Gasteiger partial charge in [-0.3, -0.25) is 4.79 Å². The zero-order valence-electron chi connectivity index (χ0n) is 17.2. The van der Waals surface area contributed by atoms with Crippen LogP contribution in [0.3, 0.4) is 0 Å². The first-order valence-corrected chi connectivity index (χ1v) is 10.0. The molecule has 1 amide bonds. The molecule has 0 saturated carbocycles. The first kappa shape index (κ1) is 21.5. The zero-order chi connectivity index (χ0) is 22.7. The third-order valence-electron chi connectivity index (χ3n) is 4.95. The van der Waals surface area contributed by atoms with E-state index in [1.807, 2.05) is 37.3 Å². The summed E-state index contributed by atoms with van der Waals surface area (Å²) in [5.41, 5.74) is 1.72. The molecule has 1 heterocycles. The standard InChI is InChI=1S/C25H20F3NO3/c1-2-31-23-13-17(8-11-22(23)32-15-16-6-4-3-5-7-16)12-20-19-10-9-18(25(26,27)28)14-21(19)29-24(20)30/h3-14H,2,15H2,1H3,(H,29,30)/b20-12+. The predicted octanol–water partition coefficient (Wildman–Crippen LogP) is 6.18. The number of ether oxygens (including phenoxy) is 2. The van der Waals surface area contributed by atoms with Crippen LogP contribution < -0.4 is 14.8 Å². The Kier molecular flexibility index (Phi) is 5.90. The van der Waals surface area contributed by atoms with Crippen LogP contribution in [0.4, 0.5) is 18.9 Å². The average Bonchev–Trinajstić information content (AvgIpc) is 3.08. The Labute approximate surface area is 183 Å². The molecule has 0 fully saturated rings. The summed E-state index contributed by atoms with van der Waals surface area (Å²) in [4.78, 5) is 12.4. The number of alkyl halides is 3. The van der Waals surface area contributed by atoms with Crippen LogP contribution in [-0.2, 0) is 17.6 Å². The number of benzene rings is 3. The highest BCUT2D eigenvalue weighted by atomic mass is 19.4. The van der Waals surface area contributed by atoms with E-state index in [4.69, 9.17) is 9.47 Å². The van der Waals surface area contributed by atoms with Gasteiger partial charge in [0.15, 0.2) is 11.5 Å². The molecule has 0 aliphatic carbocycles. The molecule has 4 nitrogen and oxygen atoms in total. The lowest BCUT2D eigenvalue weighted by Gasteiger charge is -2.13. The molecule has 0 radical (unpaired) electrons. The lowest BCUT2D eigenvalue weighted by molar-refractivity contribution is -0.137. The molecule has 0 aromatic heterocycles. The van der Waals surface area contributed by atoms with E-state index < -0.39 is 17.6 Å². The molecule has 0 bridgehead atoms. The van der Waals surface area contributed by atoms with Crippen molar-refractivity contribution in [3.05, 3.63) is 89.0 Å². The van der Waals surface area contributed by atoms with E-state index >= 15 is 0 Å². The maximum Gasteiger partial charge on any atom is 0.416 e. The molecule has 3 aromatic rings. The SMILES string of the molecule is CCOc1cc(/C=C2/C(=O)Nc3cc(C(F)(F)F)ccc32)ccc1OCc1ccccc1. The van der Waals surface area contributed by atoms with Gasteiger partial charge in [0.1, 0.15) is 6.61 Å². The maximum absolute atomic E-state index is 13.0. The number of anilines is 1. The van der Waals surface area contributed by atoms with Crippen molar-refractivity contribution in [1.29, 1.82) is 0 Å². The van der Waals surface area contributed by atoms with Gasteiger partial charge in [-0.15, -0.1) is 0 Å². The lowest BCUT2D eigenvalue weighted by Crippen LogP contribution is -2.06. The third kappa shape index (κ3) is 4.61. The van der Waals surface area contributed by atoms with Gasteiger partial charge in [0.2, 0.25) is 0 Å². The Balaban J connectivity index is 1.61. The second-order valence-electron chi connectivity index (χ2n) is 7.18. The van der Waals surface area contributed by atoms with Gasteiger partial charge in [0.25, 0.3) is 5.91 Å². The highest BCUT2D eigenvalue weighted by Crippen LogP contribution is 2.39. The van der Waals surface area contributed by atoms with Crippen LogP contribution in [0, 0.1) is 0 Å². The number of hydrogen-bond acceptors (Lipinski definition) is 3. The molecule has 164 valence electrons. The predicted molar refractivity (Wildman–Crippen MR) is 116 cm³/mol. The summed E-state index contributed by atoms with van der Waals surface area (Å²) in [5, 5.41) is 2.51. The van der Waals surface area contributed by atoms with E-state index in [1.54, 1.807) is 24.3 Å². The quantitative estimate of drug-likeness (QED) is 0.467. The molecule has 3 aromatic carbocycles. The minimum Gasteiger partial charge on any atom is -0.490 e. The molecule has 1 N–H and O–H groups in total. The lowest BCUT2D eigenvalue weighted by atomic mass is 10.0. The van der Waals surface area contributed by atoms with Crippen molar-refractivity contribution in [2.24, 2.45) is 0 Å². The van der Waals surface area contributed by atoms with Crippen LogP contribution in [0.5, 0.6) is 11.5 Å². The van der Waals surface area contributed by atoms with Crippen molar-refractivity contribution in [1.82, 2.24) is 0 Å². The van der Waals surface area contributed by atoms with Crippen LogP contribution in [-0.4, -0.2) is 12.5 Å². The number of hydrogen-bond donors (Lipinski definition) is 1. The van der Waals surface area contributed by atoms with Crippen molar-refractivity contribution in [2.75, 3.05) is 11.9 Å². The fourth-order valence-electron chi connectivity index (χ4n) is 3.42. The van der Waals surface area contributed by atoms with Gasteiger partial charge in [-0.2, -0.15) is 13.2 Å². The zero-order valence-corrected chi connectivity index (χ0v) is 17.2.